The maximum Gasteiger partial charge on any atom is 0.0801 e. The molecule has 0 saturated carbocycles. The van der Waals surface area contributed by atoms with E-state index >= 15 is 0 Å². The van der Waals surface area contributed by atoms with Gasteiger partial charge in [0.1, 0.15) is 0 Å². The van der Waals surface area contributed by atoms with E-state index in [0.717, 1.165) is 5.92 Å². The van der Waals surface area contributed by atoms with Gasteiger partial charge in [-0.25, -0.2) is 0 Å². The van der Waals surface area contributed by atoms with Crippen molar-refractivity contribution in [1.82, 2.24) is 0 Å². The Labute approximate surface area is 210 Å². The zero-order valence-corrected chi connectivity index (χ0v) is 23.3. The molecule has 1 nitrogen and oxygen atoms in total. The zero-order valence-electron chi connectivity index (χ0n) is 22.5. The lowest BCUT2D eigenvalue weighted by molar-refractivity contribution is -0.889. The van der Waals surface area contributed by atoms with Gasteiger partial charge in [-0.15, -0.1) is 0 Å². The third kappa shape index (κ3) is 20.8. The molecule has 2 unspecified atom stereocenters. The topological polar surface area (TPSA) is 4.44 Å². The molecule has 0 amide bonds. The van der Waals surface area contributed by atoms with Gasteiger partial charge in [0.2, 0.25) is 0 Å². The van der Waals surface area contributed by atoms with Crippen molar-refractivity contribution in [2.75, 3.05) is 19.6 Å². The molecule has 1 rings (SSSR count). The number of quaternary nitrogens is 1. The summed E-state index contributed by atoms with van der Waals surface area (Å²) in [6, 6.07) is 0. The molecule has 0 aliphatic carbocycles. The highest BCUT2D eigenvalue weighted by Crippen LogP contribution is 2.17. The van der Waals surface area contributed by atoms with Gasteiger partial charge < -0.3 is 17.3 Å². The highest BCUT2D eigenvalue weighted by molar-refractivity contribution is 4.63. The van der Waals surface area contributed by atoms with Crippen LogP contribution in [0.3, 0.4) is 0 Å². The fraction of sp³-hybridized carbons (Fsp3) is 1.00. The molecular formula is C30H62ClN. The van der Waals surface area contributed by atoms with E-state index in [1.165, 1.54) is 174 Å². The van der Waals surface area contributed by atoms with Crippen LogP contribution < -0.4 is 17.3 Å². The summed E-state index contributed by atoms with van der Waals surface area (Å²) in [4.78, 5) is 1.93. The molecule has 1 saturated heterocycles. The summed E-state index contributed by atoms with van der Waals surface area (Å²) in [5.41, 5.74) is 0. The normalized spacial score (nSPS) is 18.2. The molecule has 0 bridgehead atoms. The maximum absolute atomic E-state index is 2.31. The van der Waals surface area contributed by atoms with E-state index in [2.05, 4.69) is 13.8 Å². The smallest absolute Gasteiger partial charge is 0.0801 e. The van der Waals surface area contributed by atoms with Gasteiger partial charge in [0.15, 0.2) is 0 Å². The molecule has 0 spiro atoms. The van der Waals surface area contributed by atoms with E-state index < -0.39 is 0 Å². The summed E-state index contributed by atoms with van der Waals surface area (Å²) in [6.45, 7) is 9.05. The molecule has 2 atom stereocenters. The van der Waals surface area contributed by atoms with Crippen LogP contribution in [0.25, 0.3) is 0 Å². The molecule has 0 aromatic carbocycles. The van der Waals surface area contributed by atoms with Gasteiger partial charge in [0, 0.05) is 12.3 Å². The van der Waals surface area contributed by atoms with Crippen LogP contribution in [0.2, 0.25) is 0 Å². The lowest BCUT2D eigenvalue weighted by atomic mass is 9.99. The Hall–Kier alpha value is 0.250. The van der Waals surface area contributed by atoms with Crippen LogP contribution in [-0.4, -0.2) is 19.6 Å². The van der Waals surface area contributed by atoms with Gasteiger partial charge in [0.25, 0.3) is 0 Å². The molecule has 0 radical (unpaired) electrons. The molecule has 2 heteroatoms. The van der Waals surface area contributed by atoms with Crippen molar-refractivity contribution in [2.45, 2.75) is 168 Å². The van der Waals surface area contributed by atoms with Crippen LogP contribution in [0.15, 0.2) is 0 Å². The fourth-order valence-electron chi connectivity index (χ4n) is 5.63. The monoisotopic (exact) mass is 471 g/mol. The van der Waals surface area contributed by atoms with Crippen LogP contribution in [0.5, 0.6) is 0 Å². The second kappa shape index (κ2) is 25.9. The number of hydrogen-bond acceptors (Lipinski definition) is 0. The largest absolute Gasteiger partial charge is 1.00 e. The summed E-state index contributed by atoms with van der Waals surface area (Å²) < 4.78 is 0. The molecule has 32 heavy (non-hydrogen) atoms. The van der Waals surface area contributed by atoms with Gasteiger partial charge in [-0.3, -0.25) is 0 Å². The Morgan fingerprint density at radius 1 is 0.500 bits per heavy atom. The number of hydrogen-bond donors (Lipinski definition) is 1. The SMILES string of the molecule is CCCCCCCCCCCCCC1CC[NH+](CCCCCCCCCCCCC)C1.[Cl-]. The first kappa shape index (κ1) is 32.2. The lowest BCUT2D eigenvalue weighted by Crippen LogP contribution is -3.10. The minimum Gasteiger partial charge on any atom is -1.00 e. The molecular weight excluding hydrogens is 410 g/mol. The van der Waals surface area contributed by atoms with Gasteiger partial charge in [-0.05, 0) is 19.3 Å². The molecule has 1 aliphatic heterocycles. The minimum atomic E-state index is 0. The van der Waals surface area contributed by atoms with E-state index in [0.29, 0.717) is 0 Å². The van der Waals surface area contributed by atoms with Crippen molar-refractivity contribution < 1.29 is 17.3 Å². The van der Waals surface area contributed by atoms with Crippen LogP contribution in [0.1, 0.15) is 168 Å². The second-order valence-electron chi connectivity index (χ2n) is 11.0. The van der Waals surface area contributed by atoms with Crippen molar-refractivity contribution >= 4 is 0 Å². The van der Waals surface area contributed by atoms with Crippen LogP contribution in [-0.2, 0) is 0 Å². The zero-order chi connectivity index (χ0) is 22.2. The average Bonchev–Trinajstić information content (AvgIpc) is 3.23. The van der Waals surface area contributed by atoms with E-state index in [-0.39, 0.29) is 12.4 Å². The highest BCUT2D eigenvalue weighted by atomic mass is 35.5. The summed E-state index contributed by atoms with van der Waals surface area (Å²) in [5.74, 6) is 1.06. The Morgan fingerprint density at radius 2 is 0.875 bits per heavy atom. The predicted molar refractivity (Wildman–Crippen MR) is 141 cm³/mol. The second-order valence-corrected chi connectivity index (χ2v) is 11.0. The standard InChI is InChI=1S/C30H61N.ClH/c1-3-5-7-9-11-13-15-17-19-21-23-25-30-26-28-31(29-30)27-24-22-20-18-16-14-12-10-8-6-4-2;/h30H,3-29H2,1-2H3;1H. The third-order valence-electron chi connectivity index (χ3n) is 7.83. The number of rotatable bonds is 24. The van der Waals surface area contributed by atoms with Gasteiger partial charge in [-0.2, -0.15) is 0 Å². The van der Waals surface area contributed by atoms with Crippen molar-refractivity contribution in [2.24, 2.45) is 5.92 Å². The first-order chi connectivity index (χ1) is 15.4. The molecule has 1 aliphatic rings. The highest BCUT2D eigenvalue weighted by Gasteiger charge is 2.24. The van der Waals surface area contributed by atoms with Crippen LogP contribution >= 0.6 is 0 Å². The maximum atomic E-state index is 2.31. The summed E-state index contributed by atoms with van der Waals surface area (Å²) in [7, 11) is 0. The number of nitrogens with one attached hydrogen (secondary N) is 1. The molecule has 0 aromatic heterocycles. The Kier molecular flexibility index (Phi) is 26.1. The molecule has 1 fully saturated rings. The molecule has 0 aromatic rings. The van der Waals surface area contributed by atoms with E-state index in [1.807, 2.05) is 4.90 Å². The van der Waals surface area contributed by atoms with Crippen molar-refractivity contribution in [1.29, 1.82) is 0 Å². The van der Waals surface area contributed by atoms with Gasteiger partial charge >= 0.3 is 0 Å². The minimum absolute atomic E-state index is 0. The number of unbranched alkanes of at least 4 members (excludes halogenated alkanes) is 20. The van der Waals surface area contributed by atoms with E-state index in [9.17, 15) is 0 Å². The van der Waals surface area contributed by atoms with Crippen molar-refractivity contribution in [3.05, 3.63) is 0 Å². The van der Waals surface area contributed by atoms with Gasteiger partial charge in [-0.1, -0.05) is 142 Å². The van der Waals surface area contributed by atoms with Crippen molar-refractivity contribution in [3.8, 4) is 0 Å². The third-order valence-corrected chi connectivity index (χ3v) is 7.83. The first-order valence-corrected chi connectivity index (χ1v) is 15.2. The molecule has 194 valence electrons. The summed E-state index contributed by atoms with van der Waals surface area (Å²) in [6.07, 6.45) is 35.5. The predicted octanol–water partition coefficient (Wildman–Crippen LogP) is 5.91. The average molecular weight is 472 g/mol. The Balaban J connectivity index is 0.00000961. The van der Waals surface area contributed by atoms with Crippen LogP contribution in [0.4, 0.5) is 0 Å². The van der Waals surface area contributed by atoms with Gasteiger partial charge in [0.05, 0.1) is 19.6 Å². The number of halogens is 1. The van der Waals surface area contributed by atoms with E-state index in [4.69, 9.17) is 0 Å². The quantitative estimate of drug-likeness (QED) is 0.167. The molecule has 1 N–H and O–H groups in total. The van der Waals surface area contributed by atoms with Crippen LogP contribution in [0, 0.1) is 5.92 Å². The van der Waals surface area contributed by atoms with E-state index in [1.54, 1.807) is 0 Å². The lowest BCUT2D eigenvalue weighted by Gasteiger charge is -2.13. The summed E-state index contributed by atoms with van der Waals surface area (Å²) in [5, 5.41) is 0. The fourth-order valence-corrected chi connectivity index (χ4v) is 5.63. The summed E-state index contributed by atoms with van der Waals surface area (Å²) >= 11 is 0. The Bertz CT molecular complexity index is 314. The first-order valence-electron chi connectivity index (χ1n) is 15.2. The number of likely N-dealkylation sites (tertiary alicyclic amines) is 1. The Morgan fingerprint density at radius 3 is 1.31 bits per heavy atom. The molecule has 1 heterocycles. The van der Waals surface area contributed by atoms with Crippen molar-refractivity contribution in [3.63, 3.8) is 0 Å².